The Morgan fingerprint density at radius 3 is 2.91 bits per heavy atom. The van der Waals surface area contributed by atoms with Gasteiger partial charge in [-0.1, -0.05) is 24.3 Å². The molecular formula is C26H30N4O3. The Hall–Kier alpha value is -3.32. The van der Waals surface area contributed by atoms with Gasteiger partial charge in [0.25, 0.3) is 0 Å². The molecule has 3 aromatic rings. The number of aromatic amines is 1. The lowest BCUT2D eigenvalue weighted by Crippen LogP contribution is -2.32. The first kappa shape index (κ1) is 21.5. The van der Waals surface area contributed by atoms with Gasteiger partial charge in [-0.15, -0.1) is 0 Å². The van der Waals surface area contributed by atoms with Crippen molar-refractivity contribution in [2.24, 2.45) is 5.92 Å². The lowest BCUT2D eigenvalue weighted by atomic mass is 9.96. The Labute approximate surface area is 194 Å². The highest BCUT2D eigenvalue weighted by molar-refractivity contribution is 5.95. The van der Waals surface area contributed by atoms with Crippen molar-refractivity contribution < 1.29 is 14.3 Å². The first-order valence-corrected chi connectivity index (χ1v) is 11.7. The second-order valence-electron chi connectivity index (χ2n) is 8.80. The van der Waals surface area contributed by atoms with Gasteiger partial charge in [-0.25, -0.2) is 0 Å². The monoisotopic (exact) mass is 446 g/mol. The molecule has 2 aliphatic rings. The van der Waals surface area contributed by atoms with E-state index in [1.165, 1.54) is 12.8 Å². The van der Waals surface area contributed by atoms with Gasteiger partial charge in [-0.3, -0.25) is 14.8 Å². The van der Waals surface area contributed by atoms with Crippen LogP contribution >= 0.6 is 0 Å². The molecule has 0 saturated carbocycles. The third-order valence-corrected chi connectivity index (χ3v) is 6.49. The summed E-state index contributed by atoms with van der Waals surface area (Å²) < 4.78 is 12.0. The molecular weight excluding hydrogens is 416 g/mol. The van der Waals surface area contributed by atoms with Crippen molar-refractivity contribution in [3.8, 4) is 22.6 Å². The maximum absolute atomic E-state index is 13.1. The van der Waals surface area contributed by atoms with E-state index in [-0.39, 0.29) is 11.8 Å². The van der Waals surface area contributed by atoms with Crippen LogP contribution in [0.2, 0.25) is 0 Å². The van der Waals surface area contributed by atoms with E-state index in [0.717, 1.165) is 47.8 Å². The Kier molecular flexibility index (Phi) is 6.30. The van der Waals surface area contributed by atoms with Crippen molar-refractivity contribution in [1.29, 1.82) is 0 Å². The maximum atomic E-state index is 13.1. The highest BCUT2D eigenvalue weighted by atomic mass is 16.5. The molecule has 3 heterocycles. The Balaban J connectivity index is 1.32. The van der Waals surface area contributed by atoms with Gasteiger partial charge in [0.05, 0.1) is 17.3 Å². The van der Waals surface area contributed by atoms with E-state index in [9.17, 15) is 4.79 Å². The number of hydrogen-bond acceptors (Lipinski definition) is 5. The number of rotatable bonds is 7. The Bertz CT molecular complexity index is 1120. The molecule has 1 unspecified atom stereocenters. The van der Waals surface area contributed by atoms with Crippen molar-refractivity contribution in [3.63, 3.8) is 0 Å². The number of para-hydroxylation sites is 1. The average molecular weight is 447 g/mol. The van der Waals surface area contributed by atoms with Gasteiger partial charge in [-0.2, -0.15) is 5.10 Å². The number of benzene rings is 2. The fraction of sp³-hybridized carbons (Fsp3) is 0.385. The predicted molar refractivity (Wildman–Crippen MR) is 128 cm³/mol. The zero-order valence-electron chi connectivity index (χ0n) is 19.0. The molecule has 7 nitrogen and oxygen atoms in total. The van der Waals surface area contributed by atoms with Crippen molar-refractivity contribution in [1.82, 2.24) is 15.1 Å². The van der Waals surface area contributed by atoms with Crippen LogP contribution in [-0.4, -0.2) is 53.9 Å². The number of H-pyrrole nitrogens is 1. The third kappa shape index (κ3) is 4.88. The fourth-order valence-corrected chi connectivity index (χ4v) is 4.59. The molecule has 0 spiro atoms. The van der Waals surface area contributed by atoms with Crippen LogP contribution in [0.15, 0.2) is 48.7 Å². The summed E-state index contributed by atoms with van der Waals surface area (Å²) in [6, 6.07) is 13.8. The topological polar surface area (TPSA) is 79.5 Å². The summed E-state index contributed by atoms with van der Waals surface area (Å²) >= 11 is 0. The number of nitrogens with one attached hydrogen (secondary N) is 2. The number of hydrogen-bond donors (Lipinski definition) is 2. The van der Waals surface area contributed by atoms with Gasteiger partial charge in [0.1, 0.15) is 24.7 Å². The van der Waals surface area contributed by atoms with E-state index in [4.69, 9.17) is 9.47 Å². The summed E-state index contributed by atoms with van der Waals surface area (Å²) in [5, 5.41) is 10.2. The zero-order chi connectivity index (χ0) is 22.6. The standard InChI is InChI=1S/C26H30N4O3/c1-18-22(16-27-29-18)19-8-9-23(25(15-19)32-13-12-30-10-4-5-11-30)28-26(31)21-14-20-6-2-3-7-24(20)33-17-21/h2-3,6-9,15-16,21H,4-5,10-14,17H2,1H3,(H,27,29)(H,28,31). The van der Waals surface area contributed by atoms with Gasteiger partial charge in [0, 0.05) is 18.3 Å². The fourth-order valence-electron chi connectivity index (χ4n) is 4.59. The molecule has 0 bridgehead atoms. The van der Waals surface area contributed by atoms with Crippen molar-refractivity contribution in [3.05, 3.63) is 59.9 Å². The van der Waals surface area contributed by atoms with Crippen LogP contribution in [0.5, 0.6) is 11.5 Å². The maximum Gasteiger partial charge on any atom is 0.231 e. The summed E-state index contributed by atoms with van der Waals surface area (Å²) in [5.74, 6) is 1.25. The van der Waals surface area contributed by atoms with Crippen LogP contribution in [0, 0.1) is 12.8 Å². The number of amides is 1. The van der Waals surface area contributed by atoms with Crippen LogP contribution < -0.4 is 14.8 Å². The van der Waals surface area contributed by atoms with Crippen molar-refractivity contribution >= 4 is 11.6 Å². The van der Waals surface area contributed by atoms with Crippen LogP contribution in [0.3, 0.4) is 0 Å². The van der Waals surface area contributed by atoms with E-state index < -0.39 is 0 Å². The molecule has 0 radical (unpaired) electrons. The quantitative estimate of drug-likeness (QED) is 0.572. The number of ether oxygens (including phenoxy) is 2. The summed E-state index contributed by atoms with van der Waals surface area (Å²) in [6.07, 6.45) is 5.06. The SMILES string of the molecule is Cc1n[nH]cc1-c1ccc(NC(=O)C2COc3ccccc3C2)c(OCCN2CCCC2)c1. The molecule has 2 N–H and O–H groups in total. The average Bonchev–Trinajstić information content (AvgIpc) is 3.51. The minimum Gasteiger partial charge on any atom is -0.492 e. The van der Waals surface area contributed by atoms with Crippen LogP contribution in [0.4, 0.5) is 5.69 Å². The van der Waals surface area contributed by atoms with Gasteiger partial charge in [0.2, 0.25) is 5.91 Å². The van der Waals surface area contributed by atoms with E-state index in [1.807, 2.05) is 55.6 Å². The zero-order valence-corrected chi connectivity index (χ0v) is 19.0. The number of aryl methyl sites for hydroxylation is 1. The third-order valence-electron chi connectivity index (χ3n) is 6.49. The second kappa shape index (κ2) is 9.67. The number of likely N-dealkylation sites (tertiary alicyclic amines) is 1. The molecule has 172 valence electrons. The minimum absolute atomic E-state index is 0.0545. The molecule has 1 amide bonds. The molecule has 1 atom stereocenters. The highest BCUT2D eigenvalue weighted by Crippen LogP contribution is 2.33. The lowest BCUT2D eigenvalue weighted by molar-refractivity contribution is -0.121. The van der Waals surface area contributed by atoms with Crippen molar-refractivity contribution in [2.75, 3.05) is 38.2 Å². The summed E-state index contributed by atoms with van der Waals surface area (Å²) in [7, 11) is 0. The number of anilines is 1. The Morgan fingerprint density at radius 1 is 1.24 bits per heavy atom. The van der Waals surface area contributed by atoms with E-state index in [2.05, 4.69) is 20.4 Å². The number of carbonyl (C=O) groups is 1. The number of fused-ring (bicyclic) bond motifs is 1. The van der Waals surface area contributed by atoms with Crippen LogP contribution in [0.25, 0.3) is 11.1 Å². The smallest absolute Gasteiger partial charge is 0.231 e. The minimum atomic E-state index is -0.242. The number of carbonyl (C=O) groups excluding carboxylic acids is 1. The molecule has 2 aliphatic heterocycles. The number of nitrogens with zero attached hydrogens (tertiary/aromatic N) is 2. The van der Waals surface area contributed by atoms with Gasteiger partial charge >= 0.3 is 0 Å². The largest absolute Gasteiger partial charge is 0.492 e. The first-order chi connectivity index (χ1) is 16.2. The molecule has 1 aromatic heterocycles. The summed E-state index contributed by atoms with van der Waals surface area (Å²) in [4.78, 5) is 15.5. The molecule has 5 rings (SSSR count). The molecule has 1 fully saturated rings. The van der Waals surface area contributed by atoms with E-state index in [0.29, 0.717) is 31.1 Å². The molecule has 33 heavy (non-hydrogen) atoms. The van der Waals surface area contributed by atoms with Gasteiger partial charge in [0.15, 0.2) is 0 Å². The highest BCUT2D eigenvalue weighted by Gasteiger charge is 2.26. The van der Waals surface area contributed by atoms with Crippen LogP contribution in [-0.2, 0) is 11.2 Å². The Morgan fingerprint density at radius 2 is 2.09 bits per heavy atom. The first-order valence-electron chi connectivity index (χ1n) is 11.7. The summed E-state index contributed by atoms with van der Waals surface area (Å²) in [6.45, 7) is 6.07. The van der Waals surface area contributed by atoms with E-state index in [1.54, 1.807) is 0 Å². The van der Waals surface area contributed by atoms with E-state index >= 15 is 0 Å². The van der Waals surface area contributed by atoms with Gasteiger partial charge < -0.3 is 14.8 Å². The molecule has 2 aromatic carbocycles. The van der Waals surface area contributed by atoms with Crippen molar-refractivity contribution in [2.45, 2.75) is 26.2 Å². The normalized spacial score (nSPS) is 17.9. The molecule has 1 saturated heterocycles. The van der Waals surface area contributed by atoms with Crippen LogP contribution in [0.1, 0.15) is 24.1 Å². The number of aromatic nitrogens is 2. The summed E-state index contributed by atoms with van der Waals surface area (Å²) in [5.41, 5.74) is 4.70. The second-order valence-corrected chi connectivity index (χ2v) is 8.80. The molecule has 7 heteroatoms. The molecule has 0 aliphatic carbocycles. The van der Waals surface area contributed by atoms with Gasteiger partial charge in [-0.05, 0) is 68.6 Å². The lowest BCUT2D eigenvalue weighted by Gasteiger charge is -2.25. The predicted octanol–water partition coefficient (Wildman–Crippen LogP) is 4.05.